The molecule has 9 heteroatoms. The van der Waals surface area contributed by atoms with Crippen LogP contribution in [0.15, 0.2) is 30.3 Å². The van der Waals surface area contributed by atoms with Crippen LogP contribution in [0, 0.1) is 5.92 Å². The number of rotatable bonds is 5. The summed E-state index contributed by atoms with van der Waals surface area (Å²) >= 11 is 0. The van der Waals surface area contributed by atoms with Crippen LogP contribution in [0.3, 0.4) is 0 Å². The summed E-state index contributed by atoms with van der Waals surface area (Å²) in [5.41, 5.74) is 0.944. The Morgan fingerprint density at radius 2 is 1.83 bits per heavy atom. The van der Waals surface area contributed by atoms with Gasteiger partial charge in [-0.05, 0) is 12.1 Å². The van der Waals surface area contributed by atoms with Gasteiger partial charge in [0.1, 0.15) is 29.8 Å². The second-order valence-corrected chi connectivity index (χ2v) is 6.75. The van der Waals surface area contributed by atoms with Crippen LogP contribution in [0.25, 0.3) is 0 Å². The summed E-state index contributed by atoms with van der Waals surface area (Å²) < 4.78 is 27.0. The van der Waals surface area contributed by atoms with Gasteiger partial charge in [-0.2, -0.15) is 0 Å². The molecule has 0 saturated carbocycles. The maximum Gasteiger partial charge on any atom is 0.314 e. The number of aliphatic carboxylic acids is 1. The number of carboxylic acid groups (broad SMARTS) is 1. The van der Waals surface area contributed by atoms with Crippen molar-refractivity contribution < 1.29 is 43.8 Å². The Balaban J connectivity index is 1.97. The van der Waals surface area contributed by atoms with Crippen LogP contribution in [0.4, 0.5) is 0 Å². The fourth-order valence-electron chi connectivity index (χ4n) is 3.85. The molecule has 2 heterocycles. The number of aliphatic hydroxyl groups is 2. The van der Waals surface area contributed by atoms with Crippen LogP contribution in [0.5, 0.6) is 28.7 Å². The van der Waals surface area contributed by atoms with Gasteiger partial charge in [0.25, 0.3) is 0 Å². The number of carboxylic acids is 1. The van der Waals surface area contributed by atoms with Crippen LogP contribution >= 0.6 is 0 Å². The molecule has 3 N–H and O–H groups in total. The quantitative estimate of drug-likeness (QED) is 0.677. The second kappa shape index (κ2) is 7.02. The van der Waals surface area contributed by atoms with Crippen molar-refractivity contribution in [1.29, 1.82) is 0 Å². The molecule has 2 aromatic carbocycles. The smallest absolute Gasteiger partial charge is 0.314 e. The Labute approximate surface area is 166 Å². The molecule has 2 aliphatic heterocycles. The minimum Gasteiger partial charge on any atom is -0.497 e. The lowest BCUT2D eigenvalue weighted by molar-refractivity contribution is -0.220. The third kappa shape index (κ3) is 2.99. The molecular weight excluding hydrogens is 384 g/mol. The zero-order valence-corrected chi connectivity index (χ0v) is 15.7. The van der Waals surface area contributed by atoms with Crippen LogP contribution in [0.2, 0.25) is 0 Å². The Morgan fingerprint density at radius 1 is 1.10 bits per heavy atom. The Kier molecular flexibility index (Phi) is 4.64. The summed E-state index contributed by atoms with van der Waals surface area (Å²) in [6.45, 7) is -0.909. The summed E-state index contributed by atoms with van der Waals surface area (Å²) in [5.74, 6) is -4.23. The number of hydrogen-bond donors (Lipinski definition) is 3. The second-order valence-electron chi connectivity index (χ2n) is 6.75. The topological polar surface area (TPSA) is 124 Å². The first kappa shape index (κ1) is 19.2. The van der Waals surface area contributed by atoms with E-state index in [4.69, 9.17) is 23.7 Å². The number of carbonyl (C=O) groups is 1. The monoisotopic (exact) mass is 404 g/mol. The van der Waals surface area contributed by atoms with E-state index in [1.807, 2.05) is 0 Å². The van der Waals surface area contributed by atoms with E-state index in [1.54, 1.807) is 24.3 Å². The zero-order chi connectivity index (χ0) is 20.8. The first-order valence-corrected chi connectivity index (χ1v) is 8.82. The highest BCUT2D eigenvalue weighted by Crippen LogP contribution is 2.53. The van der Waals surface area contributed by atoms with E-state index in [0.717, 1.165) is 0 Å². The first-order valence-electron chi connectivity index (χ1n) is 8.82. The van der Waals surface area contributed by atoms with E-state index >= 15 is 0 Å². The van der Waals surface area contributed by atoms with Crippen molar-refractivity contribution >= 4 is 5.97 Å². The summed E-state index contributed by atoms with van der Waals surface area (Å²) in [4.78, 5) is 12.2. The van der Waals surface area contributed by atoms with Gasteiger partial charge < -0.3 is 39.0 Å². The Bertz CT molecular complexity index is 957. The highest BCUT2D eigenvalue weighted by atomic mass is 16.7. The highest BCUT2D eigenvalue weighted by molar-refractivity contribution is 5.76. The van der Waals surface area contributed by atoms with Gasteiger partial charge in [0, 0.05) is 29.2 Å². The highest BCUT2D eigenvalue weighted by Gasteiger charge is 2.54. The lowest BCUT2D eigenvalue weighted by Crippen LogP contribution is -2.55. The molecule has 0 radical (unpaired) electrons. The van der Waals surface area contributed by atoms with E-state index in [2.05, 4.69) is 0 Å². The number of benzene rings is 2. The molecule has 0 fully saturated rings. The van der Waals surface area contributed by atoms with E-state index in [1.165, 1.54) is 20.3 Å². The predicted molar refractivity (Wildman–Crippen MR) is 97.7 cm³/mol. The number of aliphatic hydroxyl groups excluding tert-OH is 1. The molecular formula is C20H20O9. The Hall–Kier alpha value is -3.17. The molecule has 2 aromatic rings. The summed E-state index contributed by atoms with van der Waals surface area (Å²) in [6.07, 6.45) is 0. The van der Waals surface area contributed by atoms with Gasteiger partial charge in [-0.1, -0.05) is 6.07 Å². The number of ether oxygens (including phenoxy) is 5. The Morgan fingerprint density at radius 3 is 2.45 bits per heavy atom. The van der Waals surface area contributed by atoms with E-state index in [0.29, 0.717) is 34.1 Å². The molecule has 0 bridgehead atoms. The third-order valence-corrected chi connectivity index (χ3v) is 5.21. The van der Waals surface area contributed by atoms with Gasteiger partial charge >= 0.3 is 5.97 Å². The number of fused-ring (bicyclic) bond motifs is 2. The maximum absolute atomic E-state index is 12.2. The van der Waals surface area contributed by atoms with Gasteiger partial charge in [0.15, 0.2) is 11.5 Å². The SMILES string of the molecule is COc1ccc([C@@H]2c3cc4c(cc3O[C@@](O)(CO)[C@@H]2C(=O)O)OCO4)c(OC)c1. The lowest BCUT2D eigenvalue weighted by Gasteiger charge is -2.42. The van der Waals surface area contributed by atoms with Gasteiger partial charge in [-0.3, -0.25) is 4.79 Å². The van der Waals surface area contributed by atoms with E-state index in [-0.39, 0.29) is 12.5 Å². The van der Waals surface area contributed by atoms with Crippen LogP contribution in [0.1, 0.15) is 17.0 Å². The molecule has 0 aromatic heterocycles. The van der Waals surface area contributed by atoms with Crippen molar-refractivity contribution in [3.8, 4) is 28.7 Å². The minimum absolute atomic E-state index is 0.0153. The van der Waals surface area contributed by atoms with Crippen molar-refractivity contribution in [1.82, 2.24) is 0 Å². The van der Waals surface area contributed by atoms with Crippen molar-refractivity contribution in [3.63, 3.8) is 0 Å². The molecule has 0 saturated heterocycles. The lowest BCUT2D eigenvalue weighted by atomic mass is 9.73. The van der Waals surface area contributed by atoms with E-state index in [9.17, 15) is 20.1 Å². The summed E-state index contributed by atoms with van der Waals surface area (Å²) in [5, 5.41) is 30.7. The summed E-state index contributed by atoms with van der Waals surface area (Å²) in [7, 11) is 2.95. The average molecular weight is 404 g/mol. The summed E-state index contributed by atoms with van der Waals surface area (Å²) in [6, 6.07) is 8.08. The van der Waals surface area contributed by atoms with Gasteiger partial charge in [-0.15, -0.1) is 0 Å². The van der Waals surface area contributed by atoms with E-state index < -0.39 is 30.2 Å². The molecule has 4 rings (SSSR count). The molecule has 9 nitrogen and oxygen atoms in total. The fourth-order valence-corrected chi connectivity index (χ4v) is 3.85. The molecule has 0 amide bonds. The molecule has 3 atom stereocenters. The fraction of sp³-hybridized carbons (Fsp3) is 0.350. The minimum atomic E-state index is -2.36. The first-order chi connectivity index (χ1) is 13.9. The molecule has 154 valence electrons. The van der Waals surface area contributed by atoms with Gasteiger partial charge in [-0.25, -0.2) is 0 Å². The number of hydrogen-bond acceptors (Lipinski definition) is 8. The third-order valence-electron chi connectivity index (χ3n) is 5.21. The van der Waals surface area contributed by atoms with Gasteiger partial charge in [0.05, 0.1) is 14.2 Å². The zero-order valence-electron chi connectivity index (χ0n) is 15.7. The average Bonchev–Trinajstić information content (AvgIpc) is 3.17. The molecule has 0 unspecified atom stereocenters. The maximum atomic E-state index is 12.2. The molecule has 2 aliphatic rings. The largest absolute Gasteiger partial charge is 0.497 e. The van der Waals surface area contributed by atoms with Crippen molar-refractivity contribution in [2.24, 2.45) is 5.92 Å². The van der Waals surface area contributed by atoms with Gasteiger partial charge in [0.2, 0.25) is 12.6 Å². The van der Waals surface area contributed by atoms with Crippen LogP contribution < -0.4 is 23.7 Å². The van der Waals surface area contributed by atoms with Crippen LogP contribution in [-0.2, 0) is 4.79 Å². The molecule has 29 heavy (non-hydrogen) atoms. The predicted octanol–water partition coefficient (Wildman–Crippen LogP) is 1.34. The van der Waals surface area contributed by atoms with Crippen molar-refractivity contribution in [2.45, 2.75) is 11.7 Å². The van der Waals surface area contributed by atoms with Crippen LogP contribution in [-0.4, -0.2) is 54.7 Å². The van der Waals surface area contributed by atoms with Crippen molar-refractivity contribution in [2.75, 3.05) is 27.6 Å². The molecule has 0 spiro atoms. The normalized spacial score (nSPS) is 24.4. The van der Waals surface area contributed by atoms with Crippen molar-refractivity contribution in [3.05, 3.63) is 41.5 Å². The standard InChI is InChI=1S/C20H20O9/c1-25-10-3-4-11(13(5-10)26-2)17-12-6-15-16(28-9-27-15)7-14(12)29-20(24,8-21)18(17)19(22)23/h3-7,17-18,21,24H,8-9H2,1-2H3,(H,22,23)/t17-,18+,20+/m1/s1. The number of methoxy groups -OCH3 is 2. The molecule has 0 aliphatic carbocycles.